The number of hydrogen-bond acceptors (Lipinski definition) is 2. The van der Waals surface area contributed by atoms with Gasteiger partial charge in [0.25, 0.3) is 0 Å². The summed E-state index contributed by atoms with van der Waals surface area (Å²) in [6, 6.07) is 6.40. The summed E-state index contributed by atoms with van der Waals surface area (Å²) in [5.41, 5.74) is 3.36. The third-order valence-electron chi connectivity index (χ3n) is 4.95. The van der Waals surface area contributed by atoms with E-state index in [4.69, 9.17) is 0 Å². The zero-order chi connectivity index (χ0) is 14.8. The van der Waals surface area contributed by atoms with E-state index in [1.165, 1.54) is 29.5 Å². The Morgan fingerprint density at radius 2 is 1.90 bits per heavy atom. The number of ketones is 1. The number of aryl methyl sites for hydroxylation is 2. The lowest BCUT2D eigenvalue weighted by Gasteiger charge is -2.37. The first-order valence-electron chi connectivity index (χ1n) is 7.82. The molecule has 1 saturated heterocycles. The molecule has 0 aliphatic carbocycles. The van der Waals surface area contributed by atoms with E-state index in [0.29, 0.717) is 12.2 Å². The smallest absolute Gasteiger partial charge is 0.157 e. The fraction of sp³-hybridized carbons (Fsp3) is 0.611. The number of carbonyl (C=O) groups is 1. The molecule has 1 fully saturated rings. The molecule has 1 aromatic carbocycles. The highest BCUT2D eigenvalue weighted by Crippen LogP contribution is 2.27. The first-order chi connectivity index (χ1) is 9.47. The molecular weight excluding hydrogens is 246 g/mol. The average molecular weight is 273 g/mol. The van der Waals surface area contributed by atoms with Crippen LogP contribution >= 0.6 is 0 Å². The number of benzene rings is 1. The number of carbonyl (C=O) groups excluding carboxylic acids is 1. The summed E-state index contributed by atoms with van der Waals surface area (Å²) in [5, 5.41) is 0. The van der Waals surface area contributed by atoms with Crippen LogP contribution in [0.3, 0.4) is 0 Å². The molecule has 0 aromatic heterocycles. The van der Waals surface area contributed by atoms with E-state index in [0.717, 1.165) is 19.5 Å². The van der Waals surface area contributed by atoms with Gasteiger partial charge in [-0.2, -0.15) is 0 Å². The molecule has 2 heteroatoms. The Hall–Kier alpha value is -1.15. The standard InChI is InChI=1S/C18H27NO/c1-5-18(4,19-10-6-7-11-19)17(20)13-16-12-14(2)8-9-15(16)3/h8-9,12H,5-7,10-11,13H2,1-4H3. The van der Waals surface area contributed by atoms with Crippen LogP contribution in [-0.2, 0) is 11.2 Å². The van der Waals surface area contributed by atoms with Gasteiger partial charge in [0.05, 0.1) is 5.54 Å². The van der Waals surface area contributed by atoms with Crippen molar-refractivity contribution in [3.8, 4) is 0 Å². The van der Waals surface area contributed by atoms with E-state index >= 15 is 0 Å². The normalized spacial score (nSPS) is 19.0. The number of likely N-dealkylation sites (tertiary alicyclic amines) is 1. The summed E-state index contributed by atoms with van der Waals surface area (Å²) >= 11 is 0. The Morgan fingerprint density at radius 3 is 2.50 bits per heavy atom. The summed E-state index contributed by atoms with van der Waals surface area (Å²) in [7, 11) is 0. The maximum atomic E-state index is 12.9. The van der Waals surface area contributed by atoms with Crippen molar-refractivity contribution in [2.24, 2.45) is 0 Å². The fourth-order valence-corrected chi connectivity index (χ4v) is 3.16. The topological polar surface area (TPSA) is 20.3 Å². The van der Waals surface area contributed by atoms with Crippen LogP contribution in [0.2, 0.25) is 0 Å². The van der Waals surface area contributed by atoms with E-state index in [9.17, 15) is 4.79 Å². The maximum absolute atomic E-state index is 12.9. The molecule has 0 radical (unpaired) electrons. The van der Waals surface area contributed by atoms with Crippen LogP contribution in [-0.4, -0.2) is 29.3 Å². The van der Waals surface area contributed by atoms with Crippen LogP contribution in [0.4, 0.5) is 0 Å². The predicted octanol–water partition coefficient (Wildman–Crippen LogP) is 3.68. The van der Waals surface area contributed by atoms with Crippen molar-refractivity contribution in [2.45, 2.75) is 58.9 Å². The van der Waals surface area contributed by atoms with Crippen LogP contribution in [0, 0.1) is 13.8 Å². The Morgan fingerprint density at radius 1 is 1.25 bits per heavy atom. The first-order valence-corrected chi connectivity index (χ1v) is 7.82. The zero-order valence-corrected chi connectivity index (χ0v) is 13.3. The molecule has 2 nitrogen and oxygen atoms in total. The second-order valence-electron chi connectivity index (χ2n) is 6.35. The monoisotopic (exact) mass is 273 g/mol. The molecule has 2 rings (SSSR count). The molecule has 1 unspecified atom stereocenters. The highest BCUT2D eigenvalue weighted by molar-refractivity contribution is 5.90. The highest BCUT2D eigenvalue weighted by atomic mass is 16.1. The van der Waals surface area contributed by atoms with Gasteiger partial charge in [-0.05, 0) is 64.3 Å². The summed E-state index contributed by atoms with van der Waals surface area (Å²) in [6.45, 7) is 10.6. The van der Waals surface area contributed by atoms with E-state index in [2.05, 4.69) is 50.8 Å². The van der Waals surface area contributed by atoms with Gasteiger partial charge in [-0.3, -0.25) is 9.69 Å². The third-order valence-corrected chi connectivity index (χ3v) is 4.95. The van der Waals surface area contributed by atoms with Crippen LogP contribution in [0.1, 0.15) is 49.8 Å². The minimum atomic E-state index is -0.285. The molecule has 1 aromatic rings. The van der Waals surface area contributed by atoms with Crippen LogP contribution in [0.25, 0.3) is 0 Å². The fourth-order valence-electron chi connectivity index (χ4n) is 3.16. The lowest BCUT2D eigenvalue weighted by molar-refractivity contribution is -0.129. The molecule has 1 atom stereocenters. The van der Waals surface area contributed by atoms with Crippen molar-refractivity contribution >= 4 is 5.78 Å². The lowest BCUT2D eigenvalue weighted by Crippen LogP contribution is -2.51. The molecule has 110 valence electrons. The van der Waals surface area contributed by atoms with Crippen molar-refractivity contribution in [3.63, 3.8) is 0 Å². The van der Waals surface area contributed by atoms with Crippen LogP contribution < -0.4 is 0 Å². The van der Waals surface area contributed by atoms with Gasteiger partial charge in [0.1, 0.15) is 0 Å². The molecule has 0 bridgehead atoms. The van der Waals surface area contributed by atoms with Gasteiger partial charge in [0.2, 0.25) is 0 Å². The number of hydrogen-bond donors (Lipinski definition) is 0. The molecule has 0 amide bonds. The summed E-state index contributed by atoms with van der Waals surface area (Å²) in [6.07, 6.45) is 3.92. The van der Waals surface area contributed by atoms with Gasteiger partial charge < -0.3 is 0 Å². The number of nitrogens with zero attached hydrogens (tertiary/aromatic N) is 1. The van der Waals surface area contributed by atoms with Crippen LogP contribution in [0.15, 0.2) is 18.2 Å². The summed E-state index contributed by atoms with van der Waals surface area (Å²) < 4.78 is 0. The second kappa shape index (κ2) is 6.09. The minimum Gasteiger partial charge on any atom is -0.297 e. The van der Waals surface area contributed by atoms with E-state index in [1.54, 1.807) is 0 Å². The Bertz CT molecular complexity index is 488. The van der Waals surface area contributed by atoms with Gasteiger partial charge in [0.15, 0.2) is 5.78 Å². The maximum Gasteiger partial charge on any atom is 0.157 e. The largest absolute Gasteiger partial charge is 0.297 e. The summed E-state index contributed by atoms with van der Waals surface area (Å²) in [5.74, 6) is 0.371. The molecular formula is C18H27NO. The quantitative estimate of drug-likeness (QED) is 0.815. The molecule has 1 aliphatic rings. The molecule has 1 heterocycles. The molecule has 0 spiro atoms. The highest BCUT2D eigenvalue weighted by Gasteiger charge is 2.38. The Balaban J connectivity index is 2.18. The molecule has 0 N–H and O–H groups in total. The Kier molecular flexibility index (Phi) is 4.64. The molecule has 1 aliphatic heterocycles. The molecule has 0 saturated carbocycles. The second-order valence-corrected chi connectivity index (χ2v) is 6.35. The van der Waals surface area contributed by atoms with E-state index in [-0.39, 0.29) is 5.54 Å². The van der Waals surface area contributed by atoms with E-state index < -0.39 is 0 Å². The number of Topliss-reactive ketones (excluding diaryl/α,β-unsaturated/α-hetero) is 1. The van der Waals surface area contributed by atoms with E-state index in [1.807, 2.05) is 0 Å². The van der Waals surface area contributed by atoms with Gasteiger partial charge in [-0.15, -0.1) is 0 Å². The SMILES string of the molecule is CCC(C)(C(=O)Cc1cc(C)ccc1C)N1CCCC1. The zero-order valence-electron chi connectivity index (χ0n) is 13.3. The van der Waals surface area contributed by atoms with Crippen molar-refractivity contribution in [2.75, 3.05) is 13.1 Å². The van der Waals surface area contributed by atoms with Crippen molar-refractivity contribution in [3.05, 3.63) is 34.9 Å². The molecule has 20 heavy (non-hydrogen) atoms. The van der Waals surface area contributed by atoms with Crippen LogP contribution in [0.5, 0.6) is 0 Å². The Labute approximate surface area is 123 Å². The lowest BCUT2D eigenvalue weighted by atomic mass is 9.86. The van der Waals surface area contributed by atoms with Crippen molar-refractivity contribution in [1.29, 1.82) is 0 Å². The first kappa shape index (κ1) is 15.2. The van der Waals surface area contributed by atoms with Gasteiger partial charge in [0, 0.05) is 6.42 Å². The van der Waals surface area contributed by atoms with Crippen molar-refractivity contribution < 1.29 is 4.79 Å². The van der Waals surface area contributed by atoms with Gasteiger partial charge in [-0.1, -0.05) is 30.7 Å². The third kappa shape index (κ3) is 2.95. The predicted molar refractivity (Wildman–Crippen MR) is 84.1 cm³/mol. The number of rotatable bonds is 5. The van der Waals surface area contributed by atoms with Gasteiger partial charge >= 0.3 is 0 Å². The summed E-state index contributed by atoms with van der Waals surface area (Å²) in [4.78, 5) is 15.3. The van der Waals surface area contributed by atoms with Gasteiger partial charge in [-0.25, -0.2) is 0 Å². The minimum absolute atomic E-state index is 0.285. The average Bonchev–Trinajstić information content (AvgIpc) is 2.96. The van der Waals surface area contributed by atoms with Crippen molar-refractivity contribution in [1.82, 2.24) is 4.90 Å².